The SMILES string of the molecule is C/C=C\C.C/C=C\C=C/c1c(C)cn(-c2ccc(-c3ccc(N(c4ccccc4)c4cccc(C)c4)cc3C)c(C)c2)c1C.CC.CC.CC.CC. The van der Waals surface area contributed by atoms with Crippen molar-refractivity contribution in [3.8, 4) is 16.8 Å². The third-order valence-electron chi connectivity index (χ3n) is 7.92. The molecular formula is C50H70N2. The van der Waals surface area contributed by atoms with Crippen molar-refractivity contribution in [1.29, 1.82) is 0 Å². The predicted octanol–water partition coefficient (Wildman–Crippen LogP) is 16.4. The van der Waals surface area contributed by atoms with E-state index in [0.717, 1.165) is 17.1 Å². The Morgan fingerprint density at radius 1 is 0.481 bits per heavy atom. The number of aromatic nitrogens is 1. The summed E-state index contributed by atoms with van der Waals surface area (Å²) >= 11 is 0. The number of benzene rings is 4. The van der Waals surface area contributed by atoms with Crippen LogP contribution in [-0.4, -0.2) is 4.57 Å². The average Bonchev–Trinajstić information content (AvgIpc) is 3.48. The zero-order valence-corrected chi connectivity index (χ0v) is 35.6. The van der Waals surface area contributed by atoms with Gasteiger partial charge in [-0.05, 0) is 143 Å². The lowest BCUT2D eigenvalue weighted by Crippen LogP contribution is -2.10. The summed E-state index contributed by atoms with van der Waals surface area (Å²) in [6.07, 6.45) is 14.7. The quantitative estimate of drug-likeness (QED) is 0.121. The molecule has 0 N–H and O–H groups in total. The second kappa shape index (κ2) is 26.9. The van der Waals surface area contributed by atoms with E-state index in [9.17, 15) is 0 Å². The minimum atomic E-state index is 1.15. The molecule has 5 rings (SSSR count). The van der Waals surface area contributed by atoms with E-state index in [1.807, 2.05) is 88.3 Å². The van der Waals surface area contributed by atoms with Gasteiger partial charge in [0.25, 0.3) is 0 Å². The van der Waals surface area contributed by atoms with Crippen LogP contribution < -0.4 is 4.90 Å². The number of nitrogens with zero attached hydrogens (tertiary/aromatic N) is 2. The van der Waals surface area contributed by atoms with E-state index in [0.29, 0.717) is 0 Å². The summed E-state index contributed by atoms with van der Waals surface area (Å²) < 4.78 is 2.30. The number of rotatable bonds is 7. The molecular weight excluding hydrogens is 629 g/mol. The van der Waals surface area contributed by atoms with Crippen LogP contribution in [0.3, 0.4) is 0 Å². The molecule has 1 heterocycles. The van der Waals surface area contributed by atoms with Crippen LogP contribution in [0.4, 0.5) is 17.1 Å². The van der Waals surface area contributed by atoms with Gasteiger partial charge in [0.15, 0.2) is 0 Å². The van der Waals surface area contributed by atoms with Crippen molar-refractivity contribution in [3.63, 3.8) is 0 Å². The lowest BCUT2D eigenvalue weighted by atomic mass is 9.95. The van der Waals surface area contributed by atoms with Gasteiger partial charge in [-0.25, -0.2) is 0 Å². The molecule has 0 bridgehead atoms. The summed E-state index contributed by atoms with van der Waals surface area (Å²) in [6.45, 7) is 33.0. The number of para-hydroxylation sites is 1. The zero-order valence-electron chi connectivity index (χ0n) is 35.6. The van der Waals surface area contributed by atoms with E-state index in [4.69, 9.17) is 0 Å². The Labute approximate surface area is 320 Å². The molecule has 0 aliphatic rings. The van der Waals surface area contributed by atoms with Gasteiger partial charge in [0, 0.05) is 34.6 Å². The maximum atomic E-state index is 2.33. The van der Waals surface area contributed by atoms with Gasteiger partial charge in [-0.2, -0.15) is 0 Å². The van der Waals surface area contributed by atoms with E-state index in [-0.39, 0.29) is 0 Å². The van der Waals surface area contributed by atoms with E-state index >= 15 is 0 Å². The molecule has 0 fully saturated rings. The second-order valence-electron chi connectivity index (χ2n) is 11.2. The highest BCUT2D eigenvalue weighted by molar-refractivity contribution is 5.80. The molecule has 0 amide bonds. The van der Waals surface area contributed by atoms with Crippen LogP contribution in [-0.2, 0) is 0 Å². The molecule has 2 nitrogen and oxygen atoms in total. The van der Waals surface area contributed by atoms with E-state index in [2.05, 4.69) is 166 Å². The fourth-order valence-electron chi connectivity index (χ4n) is 5.54. The third kappa shape index (κ3) is 13.4. The smallest absolute Gasteiger partial charge is 0.0464 e. The van der Waals surface area contributed by atoms with Crippen LogP contribution in [0.2, 0.25) is 0 Å². The van der Waals surface area contributed by atoms with Gasteiger partial charge in [-0.15, -0.1) is 0 Å². The molecule has 0 saturated heterocycles. The molecule has 52 heavy (non-hydrogen) atoms. The molecule has 0 aliphatic carbocycles. The Balaban J connectivity index is 0.00000194. The fraction of sp³-hybridized carbons (Fsp3) is 0.320. The maximum absolute atomic E-state index is 2.33. The number of allylic oxidation sites excluding steroid dienone is 5. The summed E-state index contributed by atoms with van der Waals surface area (Å²) in [4.78, 5) is 2.33. The maximum Gasteiger partial charge on any atom is 0.0464 e. The summed E-state index contributed by atoms with van der Waals surface area (Å²) in [6, 6.07) is 32.9. The van der Waals surface area contributed by atoms with Crippen LogP contribution in [0.1, 0.15) is 110 Å². The van der Waals surface area contributed by atoms with Crippen LogP contribution in [0.15, 0.2) is 128 Å². The normalized spacial score (nSPS) is 10.1. The molecule has 0 atom stereocenters. The average molecular weight is 699 g/mol. The highest BCUT2D eigenvalue weighted by Crippen LogP contribution is 2.38. The van der Waals surface area contributed by atoms with Crippen molar-refractivity contribution in [2.45, 2.75) is 111 Å². The minimum Gasteiger partial charge on any atom is -0.320 e. The Morgan fingerprint density at radius 2 is 1.02 bits per heavy atom. The monoisotopic (exact) mass is 699 g/mol. The first-order chi connectivity index (χ1) is 25.3. The van der Waals surface area contributed by atoms with Crippen molar-refractivity contribution in [3.05, 3.63) is 161 Å². The highest BCUT2D eigenvalue weighted by atomic mass is 15.1. The number of aryl methyl sites for hydroxylation is 4. The van der Waals surface area contributed by atoms with Crippen molar-refractivity contribution in [2.75, 3.05) is 4.90 Å². The van der Waals surface area contributed by atoms with Crippen LogP contribution >= 0.6 is 0 Å². The minimum absolute atomic E-state index is 1.15. The lowest BCUT2D eigenvalue weighted by molar-refractivity contribution is 1.01. The highest BCUT2D eigenvalue weighted by Gasteiger charge is 2.15. The van der Waals surface area contributed by atoms with Crippen molar-refractivity contribution in [2.24, 2.45) is 0 Å². The summed E-state index contributed by atoms with van der Waals surface area (Å²) in [7, 11) is 0. The molecule has 5 aromatic rings. The molecule has 1 aromatic heterocycles. The van der Waals surface area contributed by atoms with Gasteiger partial charge < -0.3 is 9.47 Å². The Morgan fingerprint density at radius 3 is 1.54 bits per heavy atom. The lowest BCUT2D eigenvalue weighted by Gasteiger charge is -2.26. The molecule has 280 valence electrons. The molecule has 0 aliphatic heterocycles. The summed E-state index contributed by atoms with van der Waals surface area (Å²) in [5, 5.41) is 0. The first-order valence-electron chi connectivity index (χ1n) is 19.5. The number of hydrogen-bond donors (Lipinski definition) is 0. The molecule has 0 unspecified atom stereocenters. The predicted molar refractivity (Wildman–Crippen MR) is 239 cm³/mol. The van der Waals surface area contributed by atoms with Gasteiger partial charge in [0.2, 0.25) is 0 Å². The van der Waals surface area contributed by atoms with Gasteiger partial charge in [-0.3, -0.25) is 0 Å². The number of anilines is 3. The van der Waals surface area contributed by atoms with Crippen molar-refractivity contribution in [1.82, 2.24) is 4.57 Å². The molecule has 4 aromatic carbocycles. The third-order valence-corrected chi connectivity index (χ3v) is 7.92. The summed E-state index contributed by atoms with van der Waals surface area (Å²) in [5.41, 5.74) is 14.8. The first kappa shape index (κ1) is 47.2. The van der Waals surface area contributed by atoms with Gasteiger partial charge in [0.1, 0.15) is 0 Å². The van der Waals surface area contributed by atoms with Crippen LogP contribution in [0, 0.1) is 34.6 Å². The van der Waals surface area contributed by atoms with Crippen molar-refractivity contribution < 1.29 is 0 Å². The Hall–Kier alpha value is -4.82. The topological polar surface area (TPSA) is 8.17 Å². The number of hydrogen-bond acceptors (Lipinski definition) is 1. The van der Waals surface area contributed by atoms with E-state index in [1.54, 1.807) is 0 Å². The van der Waals surface area contributed by atoms with Gasteiger partial charge in [-0.1, -0.05) is 134 Å². The zero-order chi connectivity index (χ0) is 39.6. The second-order valence-corrected chi connectivity index (χ2v) is 11.2. The fourth-order valence-corrected chi connectivity index (χ4v) is 5.54. The van der Waals surface area contributed by atoms with Gasteiger partial charge in [0.05, 0.1) is 0 Å². The molecule has 0 spiro atoms. The first-order valence-corrected chi connectivity index (χ1v) is 19.5. The van der Waals surface area contributed by atoms with Crippen LogP contribution in [0.5, 0.6) is 0 Å². The van der Waals surface area contributed by atoms with E-state index < -0.39 is 0 Å². The van der Waals surface area contributed by atoms with Crippen LogP contribution in [0.25, 0.3) is 22.9 Å². The molecule has 2 heteroatoms. The van der Waals surface area contributed by atoms with Crippen molar-refractivity contribution >= 4 is 23.1 Å². The molecule has 0 saturated carbocycles. The molecule has 0 radical (unpaired) electrons. The Bertz CT molecular complexity index is 1780. The largest absolute Gasteiger partial charge is 0.320 e. The van der Waals surface area contributed by atoms with Gasteiger partial charge >= 0.3 is 0 Å². The standard InChI is InChI=1S/C38H38N2.C4H8.4C2H6/c1-7-8-10-18-36-30(5)26-39(31(36)6)33-19-21-37(28(3)24-33)38-22-20-35(25-29(38)4)40(32-15-11-9-12-16-32)34-17-13-14-27(2)23-34;1-3-4-2;4*1-2/h7-26H,1-6H3;3-4H,1-2H3;4*1-2H3/b8-7-,18-10-;4-3-;;;;. The van der Waals surface area contributed by atoms with E-state index in [1.165, 1.54) is 50.3 Å². The summed E-state index contributed by atoms with van der Waals surface area (Å²) in [5.74, 6) is 0. The Kier molecular flexibility index (Phi) is 24.4.